The van der Waals surface area contributed by atoms with Gasteiger partial charge in [0.1, 0.15) is 6.04 Å². The number of hydrogen-bond donors (Lipinski definition) is 3. The number of methoxy groups -OCH3 is 1. The van der Waals surface area contributed by atoms with Gasteiger partial charge in [0.25, 0.3) is 11.8 Å². The maximum absolute atomic E-state index is 12.8. The van der Waals surface area contributed by atoms with E-state index in [2.05, 4.69) is 21.2 Å². The Bertz CT molecular complexity index is 1300. The average molecular weight is 553 g/mol. The fraction of sp³-hybridized carbons (Fsp3) is 0.214. The number of halogens is 1. The Morgan fingerprint density at radius 3 is 2.46 bits per heavy atom. The third kappa shape index (κ3) is 9.35. The van der Waals surface area contributed by atoms with Crippen LogP contribution in [0.1, 0.15) is 18.1 Å². The van der Waals surface area contributed by atoms with Crippen LogP contribution in [0.3, 0.4) is 0 Å². The van der Waals surface area contributed by atoms with E-state index in [1.54, 1.807) is 49.4 Å². The lowest BCUT2D eigenvalue weighted by atomic mass is 10.1. The van der Waals surface area contributed by atoms with Crippen LogP contribution in [0.25, 0.3) is 0 Å². The standard InChI is InChI=1S/C28H29ClN4O6/c1-3-38-28(36)32-23(15-19-9-5-4-6-10-19)27(35)33-30-17-20-13-14-24(25(16-20)37-2)39-18-26(34)31-22-12-8-7-11-21(22)29/h4-14,16-17,23H,3,15,18H2,1-2H3,(H,31,34)(H,32,36)(H,33,35)/b30-17-/t23-/m0/s1. The van der Waals surface area contributed by atoms with Gasteiger partial charge < -0.3 is 24.8 Å². The Morgan fingerprint density at radius 1 is 1.00 bits per heavy atom. The van der Waals surface area contributed by atoms with Crippen LogP contribution in [0, 0.1) is 0 Å². The molecule has 0 unspecified atom stereocenters. The van der Waals surface area contributed by atoms with E-state index < -0.39 is 18.0 Å². The second-order valence-corrected chi connectivity index (χ2v) is 8.48. The van der Waals surface area contributed by atoms with Crippen molar-refractivity contribution in [3.05, 3.63) is 88.9 Å². The molecule has 3 N–H and O–H groups in total. The number of nitrogens with zero attached hydrogens (tertiary/aromatic N) is 1. The summed E-state index contributed by atoms with van der Waals surface area (Å²) in [7, 11) is 1.46. The summed E-state index contributed by atoms with van der Waals surface area (Å²) in [5.41, 5.74) is 4.38. The number of hydrazone groups is 1. The van der Waals surface area contributed by atoms with Gasteiger partial charge >= 0.3 is 6.09 Å². The number of alkyl carbamates (subject to hydrolysis) is 1. The third-order valence-corrected chi connectivity index (χ3v) is 5.58. The van der Waals surface area contributed by atoms with Crippen molar-refractivity contribution in [2.45, 2.75) is 19.4 Å². The topological polar surface area (TPSA) is 127 Å². The van der Waals surface area contributed by atoms with Crippen molar-refractivity contribution in [3.63, 3.8) is 0 Å². The number of carbonyl (C=O) groups is 3. The molecule has 0 heterocycles. The molecular weight excluding hydrogens is 524 g/mol. The number of carbonyl (C=O) groups excluding carboxylic acids is 3. The Hall–Kier alpha value is -4.57. The number of nitrogens with one attached hydrogen (secondary N) is 3. The molecule has 3 amide bonds. The van der Waals surface area contributed by atoms with Gasteiger partial charge in [-0.3, -0.25) is 9.59 Å². The summed E-state index contributed by atoms with van der Waals surface area (Å²) in [4.78, 5) is 37.0. The number of para-hydroxylation sites is 1. The highest BCUT2D eigenvalue weighted by Crippen LogP contribution is 2.28. The first-order valence-electron chi connectivity index (χ1n) is 12.0. The van der Waals surface area contributed by atoms with Crippen molar-refractivity contribution in [2.24, 2.45) is 5.10 Å². The van der Waals surface area contributed by atoms with E-state index in [0.717, 1.165) is 5.56 Å². The van der Waals surface area contributed by atoms with Gasteiger partial charge in [0, 0.05) is 6.42 Å². The predicted octanol–water partition coefficient (Wildman–Crippen LogP) is 4.17. The summed E-state index contributed by atoms with van der Waals surface area (Å²) in [6.07, 6.45) is 0.974. The molecule has 0 spiro atoms. The molecule has 11 heteroatoms. The maximum Gasteiger partial charge on any atom is 0.407 e. The molecule has 3 aromatic rings. The highest BCUT2D eigenvalue weighted by molar-refractivity contribution is 6.33. The van der Waals surface area contributed by atoms with Crippen molar-refractivity contribution in [3.8, 4) is 11.5 Å². The molecule has 0 bridgehead atoms. The van der Waals surface area contributed by atoms with Gasteiger partial charge in [-0.2, -0.15) is 5.10 Å². The number of rotatable bonds is 12. The predicted molar refractivity (Wildman–Crippen MR) is 148 cm³/mol. The van der Waals surface area contributed by atoms with Crippen LogP contribution >= 0.6 is 11.6 Å². The molecule has 3 rings (SSSR count). The molecule has 1 atom stereocenters. The maximum atomic E-state index is 12.8. The van der Waals surface area contributed by atoms with Crippen molar-refractivity contribution in [1.29, 1.82) is 0 Å². The van der Waals surface area contributed by atoms with Crippen LogP contribution in [0.4, 0.5) is 10.5 Å². The van der Waals surface area contributed by atoms with Gasteiger partial charge in [-0.25, -0.2) is 10.2 Å². The van der Waals surface area contributed by atoms with Gasteiger partial charge in [0.05, 0.1) is 30.6 Å². The average Bonchev–Trinajstić information content (AvgIpc) is 2.93. The van der Waals surface area contributed by atoms with E-state index in [1.807, 2.05) is 30.3 Å². The lowest BCUT2D eigenvalue weighted by Crippen LogP contribution is -2.47. The van der Waals surface area contributed by atoms with Crippen molar-refractivity contribution in [2.75, 3.05) is 25.6 Å². The zero-order chi connectivity index (χ0) is 28.0. The summed E-state index contributed by atoms with van der Waals surface area (Å²) in [6, 6.07) is 20.2. The Morgan fingerprint density at radius 2 is 1.74 bits per heavy atom. The second kappa shape index (κ2) is 15.0. The second-order valence-electron chi connectivity index (χ2n) is 8.07. The smallest absolute Gasteiger partial charge is 0.407 e. The van der Waals surface area contributed by atoms with Crippen LogP contribution in [0.15, 0.2) is 77.9 Å². The van der Waals surface area contributed by atoms with Crippen molar-refractivity contribution in [1.82, 2.24) is 10.7 Å². The lowest BCUT2D eigenvalue weighted by Gasteiger charge is -2.16. The minimum atomic E-state index is -0.897. The Balaban J connectivity index is 1.59. The summed E-state index contributed by atoms with van der Waals surface area (Å²) in [5.74, 6) is -0.198. The Labute approximate surface area is 231 Å². The number of anilines is 1. The van der Waals surface area contributed by atoms with E-state index in [1.165, 1.54) is 13.3 Å². The Kier molecular flexibility index (Phi) is 11.1. The van der Waals surface area contributed by atoms with Crippen LogP contribution < -0.4 is 25.5 Å². The third-order valence-electron chi connectivity index (χ3n) is 5.25. The molecule has 10 nitrogen and oxygen atoms in total. The first kappa shape index (κ1) is 29.0. The molecule has 39 heavy (non-hydrogen) atoms. The van der Waals surface area contributed by atoms with E-state index in [-0.39, 0.29) is 25.5 Å². The summed E-state index contributed by atoms with van der Waals surface area (Å²) >= 11 is 6.06. The summed E-state index contributed by atoms with van der Waals surface area (Å²) in [5, 5.41) is 9.66. The number of hydrogen-bond acceptors (Lipinski definition) is 7. The quantitative estimate of drug-likeness (QED) is 0.228. The minimum Gasteiger partial charge on any atom is -0.493 e. The molecule has 0 aliphatic carbocycles. The van der Waals surface area contributed by atoms with E-state index >= 15 is 0 Å². The van der Waals surface area contributed by atoms with E-state index in [0.29, 0.717) is 27.8 Å². The lowest BCUT2D eigenvalue weighted by molar-refractivity contribution is -0.123. The molecule has 0 aromatic heterocycles. The minimum absolute atomic E-state index is 0.178. The number of benzene rings is 3. The normalized spacial score (nSPS) is 11.4. The highest BCUT2D eigenvalue weighted by atomic mass is 35.5. The molecule has 0 aliphatic rings. The van der Waals surface area contributed by atoms with Gasteiger partial charge in [-0.1, -0.05) is 54.1 Å². The van der Waals surface area contributed by atoms with Gasteiger partial charge in [-0.15, -0.1) is 0 Å². The molecule has 0 saturated carbocycles. The zero-order valence-corrected chi connectivity index (χ0v) is 22.2. The summed E-state index contributed by atoms with van der Waals surface area (Å²) in [6.45, 7) is 1.59. The summed E-state index contributed by atoms with van der Waals surface area (Å²) < 4.78 is 15.9. The fourth-order valence-corrected chi connectivity index (χ4v) is 3.58. The van der Waals surface area contributed by atoms with Crippen LogP contribution in [0.2, 0.25) is 5.02 Å². The molecule has 0 aliphatic heterocycles. The van der Waals surface area contributed by atoms with Crippen LogP contribution in [0.5, 0.6) is 11.5 Å². The first-order chi connectivity index (χ1) is 18.9. The van der Waals surface area contributed by atoms with Crippen LogP contribution in [-0.4, -0.2) is 50.5 Å². The van der Waals surface area contributed by atoms with Gasteiger partial charge in [-0.05, 0) is 48.4 Å². The molecule has 3 aromatic carbocycles. The molecule has 0 saturated heterocycles. The number of ether oxygens (including phenoxy) is 3. The monoisotopic (exact) mass is 552 g/mol. The molecule has 204 valence electrons. The molecule has 0 radical (unpaired) electrons. The molecular formula is C28H29ClN4O6. The van der Waals surface area contributed by atoms with E-state index in [4.69, 9.17) is 25.8 Å². The van der Waals surface area contributed by atoms with Crippen LogP contribution in [-0.2, 0) is 20.7 Å². The molecule has 0 fully saturated rings. The SMILES string of the molecule is CCOC(=O)N[C@@H](Cc1ccccc1)C(=O)N/N=C\c1ccc(OCC(=O)Nc2ccccc2Cl)c(OC)c1. The first-order valence-corrected chi connectivity index (χ1v) is 12.4. The largest absolute Gasteiger partial charge is 0.493 e. The fourth-order valence-electron chi connectivity index (χ4n) is 3.40. The number of amides is 3. The highest BCUT2D eigenvalue weighted by Gasteiger charge is 2.21. The zero-order valence-electron chi connectivity index (χ0n) is 21.5. The van der Waals surface area contributed by atoms with Crippen molar-refractivity contribution < 1.29 is 28.6 Å². The van der Waals surface area contributed by atoms with Gasteiger partial charge in [0.2, 0.25) is 0 Å². The van der Waals surface area contributed by atoms with Gasteiger partial charge in [0.15, 0.2) is 18.1 Å². The van der Waals surface area contributed by atoms with E-state index in [9.17, 15) is 14.4 Å². The van der Waals surface area contributed by atoms with Crippen molar-refractivity contribution >= 4 is 41.4 Å².